The number of nitrogens with two attached hydrogens (primary N) is 1. The van der Waals surface area contributed by atoms with Crippen LogP contribution < -0.4 is 5.73 Å². The molecule has 0 aliphatic heterocycles. The van der Waals surface area contributed by atoms with Crippen molar-refractivity contribution in [2.24, 2.45) is 0 Å². The van der Waals surface area contributed by atoms with Gasteiger partial charge in [-0.3, -0.25) is 0 Å². The predicted octanol–water partition coefficient (Wildman–Crippen LogP) is 3.04. The van der Waals surface area contributed by atoms with Gasteiger partial charge in [0.05, 0.1) is 0 Å². The van der Waals surface area contributed by atoms with Gasteiger partial charge in [0.15, 0.2) is 5.82 Å². The zero-order chi connectivity index (χ0) is 13.3. The van der Waals surface area contributed by atoms with Crippen LogP contribution in [0.3, 0.4) is 0 Å². The van der Waals surface area contributed by atoms with Crippen LogP contribution in [0.25, 0.3) is 11.4 Å². The van der Waals surface area contributed by atoms with Crippen LogP contribution >= 0.6 is 0 Å². The standard InChI is InChI=1S/C14H16FN3/c1-4-11-9(3)17-14(18-13(11)16)10-6-5-8(2)12(15)7-10/h5-7H,4H2,1-3H3,(H2,16,17,18). The quantitative estimate of drug-likeness (QED) is 0.884. The Balaban J connectivity index is 2.54. The molecule has 18 heavy (non-hydrogen) atoms. The van der Waals surface area contributed by atoms with E-state index in [4.69, 9.17) is 5.73 Å². The lowest BCUT2D eigenvalue weighted by atomic mass is 10.1. The Bertz CT molecular complexity index is 571. The van der Waals surface area contributed by atoms with Gasteiger partial charge in [-0.25, -0.2) is 14.4 Å². The molecule has 2 rings (SSSR count). The molecule has 2 aromatic rings. The maximum Gasteiger partial charge on any atom is 0.161 e. The van der Waals surface area contributed by atoms with E-state index in [1.807, 2.05) is 13.8 Å². The molecule has 1 aromatic carbocycles. The second kappa shape index (κ2) is 4.72. The van der Waals surface area contributed by atoms with Gasteiger partial charge in [-0.1, -0.05) is 19.1 Å². The van der Waals surface area contributed by atoms with Crippen molar-refractivity contribution in [2.45, 2.75) is 27.2 Å². The van der Waals surface area contributed by atoms with Gasteiger partial charge in [0, 0.05) is 16.8 Å². The van der Waals surface area contributed by atoms with E-state index in [9.17, 15) is 4.39 Å². The Hall–Kier alpha value is -1.97. The molecule has 0 aliphatic carbocycles. The lowest BCUT2D eigenvalue weighted by Gasteiger charge is -2.09. The van der Waals surface area contributed by atoms with E-state index in [1.54, 1.807) is 19.1 Å². The second-order valence-corrected chi connectivity index (χ2v) is 4.31. The largest absolute Gasteiger partial charge is 0.383 e. The molecule has 0 amide bonds. The molecular weight excluding hydrogens is 229 g/mol. The lowest BCUT2D eigenvalue weighted by molar-refractivity contribution is 0.619. The van der Waals surface area contributed by atoms with Crippen molar-refractivity contribution in [3.05, 3.63) is 40.8 Å². The highest BCUT2D eigenvalue weighted by Gasteiger charge is 2.10. The van der Waals surface area contributed by atoms with E-state index < -0.39 is 0 Å². The summed E-state index contributed by atoms with van der Waals surface area (Å²) in [6.45, 7) is 5.62. The SMILES string of the molecule is CCc1c(C)nc(-c2ccc(C)c(F)c2)nc1N. The molecule has 0 bridgehead atoms. The van der Waals surface area contributed by atoms with Gasteiger partial charge in [0.2, 0.25) is 0 Å². The average molecular weight is 245 g/mol. The first-order valence-corrected chi connectivity index (χ1v) is 5.92. The van der Waals surface area contributed by atoms with Crippen LogP contribution in [0, 0.1) is 19.7 Å². The second-order valence-electron chi connectivity index (χ2n) is 4.31. The number of aromatic nitrogens is 2. The average Bonchev–Trinajstić information content (AvgIpc) is 2.32. The monoisotopic (exact) mass is 245 g/mol. The molecule has 0 saturated carbocycles. The number of halogens is 1. The van der Waals surface area contributed by atoms with Crippen molar-refractivity contribution < 1.29 is 4.39 Å². The number of nitrogen functional groups attached to an aromatic ring is 1. The molecule has 4 heteroatoms. The minimum atomic E-state index is -0.258. The summed E-state index contributed by atoms with van der Waals surface area (Å²) in [7, 11) is 0. The normalized spacial score (nSPS) is 10.7. The van der Waals surface area contributed by atoms with Gasteiger partial charge in [-0.15, -0.1) is 0 Å². The fourth-order valence-corrected chi connectivity index (χ4v) is 1.92. The summed E-state index contributed by atoms with van der Waals surface area (Å²) >= 11 is 0. The van der Waals surface area contributed by atoms with Crippen molar-refractivity contribution in [2.75, 3.05) is 5.73 Å². The summed E-state index contributed by atoms with van der Waals surface area (Å²) in [6.07, 6.45) is 0.792. The summed E-state index contributed by atoms with van der Waals surface area (Å²) in [4.78, 5) is 8.63. The molecule has 0 spiro atoms. The smallest absolute Gasteiger partial charge is 0.161 e. The summed E-state index contributed by atoms with van der Waals surface area (Å²) < 4.78 is 13.5. The summed E-state index contributed by atoms with van der Waals surface area (Å²) in [6, 6.07) is 4.96. The lowest BCUT2D eigenvalue weighted by Crippen LogP contribution is -2.04. The zero-order valence-electron chi connectivity index (χ0n) is 10.8. The van der Waals surface area contributed by atoms with Crippen LogP contribution in [0.2, 0.25) is 0 Å². The zero-order valence-corrected chi connectivity index (χ0v) is 10.8. The molecule has 1 heterocycles. The highest BCUT2D eigenvalue weighted by molar-refractivity contribution is 5.59. The highest BCUT2D eigenvalue weighted by atomic mass is 19.1. The molecule has 94 valence electrons. The van der Waals surface area contributed by atoms with Gasteiger partial charge in [0.25, 0.3) is 0 Å². The number of rotatable bonds is 2. The Morgan fingerprint density at radius 2 is 1.94 bits per heavy atom. The van der Waals surface area contributed by atoms with E-state index in [-0.39, 0.29) is 5.82 Å². The molecule has 0 fully saturated rings. The number of anilines is 1. The van der Waals surface area contributed by atoms with E-state index >= 15 is 0 Å². The summed E-state index contributed by atoms with van der Waals surface area (Å²) in [5, 5.41) is 0. The molecule has 0 aliphatic rings. The number of nitrogens with zero attached hydrogens (tertiary/aromatic N) is 2. The number of benzene rings is 1. The van der Waals surface area contributed by atoms with Crippen molar-refractivity contribution in [1.29, 1.82) is 0 Å². The Morgan fingerprint density at radius 3 is 2.50 bits per heavy atom. The van der Waals surface area contributed by atoms with E-state index in [0.717, 1.165) is 17.7 Å². The fraction of sp³-hybridized carbons (Fsp3) is 0.286. The highest BCUT2D eigenvalue weighted by Crippen LogP contribution is 2.22. The van der Waals surface area contributed by atoms with Crippen LogP contribution in [0.5, 0.6) is 0 Å². The molecule has 1 aromatic heterocycles. The van der Waals surface area contributed by atoms with Gasteiger partial charge >= 0.3 is 0 Å². The van der Waals surface area contributed by atoms with E-state index in [0.29, 0.717) is 22.8 Å². The number of hydrogen-bond acceptors (Lipinski definition) is 3. The Labute approximate surface area is 106 Å². The van der Waals surface area contributed by atoms with Crippen molar-refractivity contribution in [1.82, 2.24) is 9.97 Å². The molecule has 3 nitrogen and oxygen atoms in total. The van der Waals surface area contributed by atoms with Crippen LogP contribution in [-0.2, 0) is 6.42 Å². The number of hydrogen-bond donors (Lipinski definition) is 1. The number of aryl methyl sites for hydroxylation is 2. The topological polar surface area (TPSA) is 51.8 Å². The first kappa shape index (κ1) is 12.5. The minimum Gasteiger partial charge on any atom is -0.383 e. The third-order valence-electron chi connectivity index (χ3n) is 3.03. The third kappa shape index (κ3) is 2.18. The molecule has 0 atom stereocenters. The predicted molar refractivity (Wildman–Crippen MR) is 70.7 cm³/mol. The Morgan fingerprint density at radius 1 is 1.22 bits per heavy atom. The summed E-state index contributed by atoms with van der Waals surface area (Å²) in [5.74, 6) is 0.689. The maximum atomic E-state index is 13.5. The van der Waals surface area contributed by atoms with Crippen LogP contribution in [0.1, 0.15) is 23.7 Å². The van der Waals surface area contributed by atoms with Crippen molar-refractivity contribution in [3.63, 3.8) is 0 Å². The first-order valence-electron chi connectivity index (χ1n) is 5.92. The first-order chi connectivity index (χ1) is 8.52. The molecule has 0 radical (unpaired) electrons. The van der Waals surface area contributed by atoms with Crippen molar-refractivity contribution in [3.8, 4) is 11.4 Å². The molecule has 0 saturated heterocycles. The Kier molecular flexibility index (Phi) is 3.28. The van der Waals surface area contributed by atoms with Crippen molar-refractivity contribution >= 4 is 5.82 Å². The minimum absolute atomic E-state index is 0.258. The van der Waals surface area contributed by atoms with Gasteiger partial charge in [0.1, 0.15) is 11.6 Å². The fourth-order valence-electron chi connectivity index (χ4n) is 1.92. The van der Waals surface area contributed by atoms with Gasteiger partial charge in [-0.05, 0) is 31.9 Å². The molecule has 0 unspecified atom stereocenters. The van der Waals surface area contributed by atoms with Crippen LogP contribution in [0.15, 0.2) is 18.2 Å². The third-order valence-corrected chi connectivity index (χ3v) is 3.03. The van der Waals surface area contributed by atoms with Crippen LogP contribution in [0.4, 0.5) is 10.2 Å². The van der Waals surface area contributed by atoms with Gasteiger partial charge in [-0.2, -0.15) is 0 Å². The van der Waals surface area contributed by atoms with E-state index in [1.165, 1.54) is 6.07 Å². The van der Waals surface area contributed by atoms with Crippen LogP contribution in [-0.4, -0.2) is 9.97 Å². The maximum absolute atomic E-state index is 13.5. The van der Waals surface area contributed by atoms with E-state index in [2.05, 4.69) is 9.97 Å². The van der Waals surface area contributed by atoms with Gasteiger partial charge < -0.3 is 5.73 Å². The molecular formula is C14H16FN3. The molecule has 2 N–H and O–H groups in total. The summed E-state index contributed by atoms with van der Waals surface area (Å²) in [5.41, 5.74) is 8.95.